The second-order valence-corrected chi connectivity index (χ2v) is 4.96. The maximum atomic E-state index is 10.8. The minimum Gasteiger partial charge on any atom is -0.644 e. The molecular weight excluding hydrogens is 219 g/mol. The number of rotatable bonds is 1. The van der Waals surface area contributed by atoms with Gasteiger partial charge in [0, 0.05) is 4.90 Å². The standard InChI is InChI=1S/C7H8O2S2.K/c1-6-2-4-7(5-3-6)11(8,9)10;/h2-5H,1H3,(H,8,9,10);/q;+1/p-1. The van der Waals surface area contributed by atoms with E-state index < -0.39 is 8.87 Å². The van der Waals surface area contributed by atoms with E-state index in [1.807, 2.05) is 6.92 Å². The smallest absolute Gasteiger partial charge is 0.644 e. The molecule has 0 amide bonds. The van der Waals surface area contributed by atoms with Crippen molar-refractivity contribution in [2.45, 2.75) is 11.8 Å². The quantitative estimate of drug-likeness (QED) is 0.323. The van der Waals surface area contributed by atoms with Crippen molar-refractivity contribution in [1.82, 2.24) is 0 Å². The van der Waals surface area contributed by atoms with Crippen LogP contribution in [0.15, 0.2) is 29.2 Å². The zero-order valence-corrected chi connectivity index (χ0v) is 11.7. The molecule has 0 bridgehead atoms. The van der Waals surface area contributed by atoms with Crippen molar-refractivity contribution in [3.05, 3.63) is 29.8 Å². The molecule has 0 aromatic heterocycles. The van der Waals surface area contributed by atoms with Gasteiger partial charge in [-0.2, -0.15) is 0 Å². The molecule has 0 fully saturated rings. The van der Waals surface area contributed by atoms with Gasteiger partial charge in [0.05, 0.1) is 8.87 Å². The third kappa shape index (κ3) is 3.91. The van der Waals surface area contributed by atoms with Crippen LogP contribution in [-0.4, -0.2) is 8.42 Å². The van der Waals surface area contributed by atoms with Gasteiger partial charge < -0.3 is 11.7 Å². The molecule has 0 aliphatic carbocycles. The maximum absolute atomic E-state index is 10.8. The normalized spacial score (nSPS) is 10.5. The molecule has 0 saturated carbocycles. The van der Waals surface area contributed by atoms with Crippen LogP contribution in [-0.2, 0) is 20.5 Å². The topological polar surface area (TPSA) is 34.1 Å². The molecule has 1 aromatic rings. The second kappa shape index (κ2) is 5.14. The molecule has 0 aliphatic rings. The van der Waals surface area contributed by atoms with Crippen molar-refractivity contribution in [1.29, 1.82) is 0 Å². The van der Waals surface area contributed by atoms with E-state index >= 15 is 0 Å². The second-order valence-electron chi connectivity index (χ2n) is 2.27. The van der Waals surface area contributed by atoms with Gasteiger partial charge in [-0.05, 0) is 19.1 Å². The Kier molecular flexibility index (Phi) is 5.64. The Balaban J connectivity index is 0.00000121. The first-order valence-electron chi connectivity index (χ1n) is 3.03. The van der Waals surface area contributed by atoms with Crippen LogP contribution in [0.3, 0.4) is 0 Å². The van der Waals surface area contributed by atoms with Crippen LogP contribution in [0.25, 0.3) is 0 Å². The summed E-state index contributed by atoms with van der Waals surface area (Å²) in [7, 11) is -3.44. The Morgan fingerprint density at radius 3 is 1.92 bits per heavy atom. The fraction of sp³-hybridized carbons (Fsp3) is 0.143. The van der Waals surface area contributed by atoms with E-state index in [9.17, 15) is 8.42 Å². The molecule has 0 saturated heterocycles. The van der Waals surface area contributed by atoms with E-state index in [1.165, 1.54) is 12.1 Å². The van der Waals surface area contributed by atoms with Gasteiger partial charge in [0.1, 0.15) is 0 Å². The van der Waals surface area contributed by atoms with Gasteiger partial charge in [0.25, 0.3) is 0 Å². The zero-order valence-electron chi connectivity index (χ0n) is 6.94. The average molecular weight is 226 g/mol. The van der Waals surface area contributed by atoms with E-state index in [0.29, 0.717) is 0 Å². The van der Waals surface area contributed by atoms with Crippen molar-refractivity contribution in [3.8, 4) is 0 Å². The Morgan fingerprint density at radius 1 is 1.17 bits per heavy atom. The van der Waals surface area contributed by atoms with Gasteiger partial charge in [-0.25, -0.2) is 8.42 Å². The molecule has 0 radical (unpaired) electrons. The van der Waals surface area contributed by atoms with Crippen LogP contribution in [0.2, 0.25) is 0 Å². The molecule has 1 aromatic carbocycles. The minimum absolute atomic E-state index is 0. The molecule has 12 heavy (non-hydrogen) atoms. The molecule has 0 heterocycles. The fourth-order valence-corrected chi connectivity index (χ4v) is 1.51. The zero-order chi connectivity index (χ0) is 8.48. The minimum atomic E-state index is -3.44. The number of hydrogen-bond donors (Lipinski definition) is 0. The Hall–Kier alpha value is 1.16. The fourth-order valence-electron chi connectivity index (χ4n) is 0.705. The molecule has 1 rings (SSSR count). The van der Waals surface area contributed by atoms with Crippen LogP contribution in [0.5, 0.6) is 0 Å². The van der Waals surface area contributed by atoms with E-state index in [0.717, 1.165) is 5.56 Å². The molecular formula is C7H7KO2S2. The van der Waals surface area contributed by atoms with Crippen molar-refractivity contribution in [2.75, 3.05) is 0 Å². The van der Waals surface area contributed by atoms with Gasteiger partial charge in [-0.15, -0.1) is 0 Å². The van der Waals surface area contributed by atoms with Crippen molar-refractivity contribution >= 4 is 20.5 Å². The summed E-state index contributed by atoms with van der Waals surface area (Å²) in [6.07, 6.45) is 0. The third-order valence-corrected chi connectivity index (χ3v) is 2.74. The van der Waals surface area contributed by atoms with Gasteiger partial charge in [0.15, 0.2) is 0 Å². The van der Waals surface area contributed by atoms with Crippen LogP contribution in [0.4, 0.5) is 0 Å². The summed E-state index contributed by atoms with van der Waals surface area (Å²) >= 11 is 4.27. The summed E-state index contributed by atoms with van der Waals surface area (Å²) < 4.78 is 21.5. The first-order chi connectivity index (χ1) is 5.00. The predicted molar refractivity (Wildman–Crippen MR) is 45.7 cm³/mol. The first kappa shape index (κ1) is 13.2. The van der Waals surface area contributed by atoms with Crippen LogP contribution in [0, 0.1) is 6.92 Å². The van der Waals surface area contributed by atoms with Crippen LogP contribution < -0.4 is 51.4 Å². The van der Waals surface area contributed by atoms with Crippen molar-refractivity contribution < 1.29 is 59.8 Å². The summed E-state index contributed by atoms with van der Waals surface area (Å²) in [6, 6.07) is 6.47. The summed E-state index contributed by atoms with van der Waals surface area (Å²) in [5.74, 6) is 0. The summed E-state index contributed by atoms with van der Waals surface area (Å²) in [5.41, 5.74) is 1.02. The Morgan fingerprint density at radius 2 is 1.58 bits per heavy atom. The van der Waals surface area contributed by atoms with Gasteiger partial charge in [0.2, 0.25) is 0 Å². The molecule has 0 N–H and O–H groups in total. The van der Waals surface area contributed by atoms with Gasteiger partial charge >= 0.3 is 51.4 Å². The van der Waals surface area contributed by atoms with E-state index in [-0.39, 0.29) is 56.3 Å². The number of hydrogen-bond acceptors (Lipinski definition) is 3. The molecule has 5 heteroatoms. The van der Waals surface area contributed by atoms with Gasteiger partial charge in [-0.3, -0.25) is 0 Å². The molecule has 2 nitrogen and oxygen atoms in total. The van der Waals surface area contributed by atoms with E-state index in [4.69, 9.17) is 0 Å². The molecule has 0 unspecified atom stereocenters. The van der Waals surface area contributed by atoms with E-state index in [2.05, 4.69) is 11.7 Å². The monoisotopic (exact) mass is 226 g/mol. The predicted octanol–water partition coefficient (Wildman–Crippen LogP) is -1.77. The maximum Gasteiger partial charge on any atom is 1.00 e. The Bertz CT molecular complexity index is 342. The molecule has 0 atom stereocenters. The molecule has 0 spiro atoms. The van der Waals surface area contributed by atoms with Gasteiger partial charge in [-0.1, -0.05) is 17.7 Å². The average Bonchev–Trinajstić information content (AvgIpc) is 1.86. The van der Waals surface area contributed by atoms with Crippen molar-refractivity contribution in [3.63, 3.8) is 0 Å². The molecule has 60 valence electrons. The third-order valence-electron chi connectivity index (χ3n) is 1.31. The van der Waals surface area contributed by atoms with E-state index in [1.54, 1.807) is 12.1 Å². The first-order valence-corrected chi connectivity index (χ1v) is 5.43. The van der Waals surface area contributed by atoms with Crippen LogP contribution in [0.1, 0.15) is 5.56 Å². The SMILES string of the molecule is Cc1ccc(S(=O)(=O)[S-])cc1.[K+]. The number of aryl methyl sites for hydroxylation is 1. The molecule has 0 aliphatic heterocycles. The van der Waals surface area contributed by atoms with Crippen LogP contribution >= 0.6 is 0 Å². The summed E-state index contributed by atoms with van der Waals surface area (Å²) in [5, 5.41) is 0. The number of benzene rings is 1. The largest absolute Gasteiger partial charge is 1.00 e. The summed E-state index contributed by atoms with van der Waals surface area (Å²) in [6.45, 7) is 1.89. The van der Waals surface area contributed by atoms with Crippen molar-refractivity contribution in [2.24, 2.45) is 0 Å². The Labute approximate surface area is 120 Å². The summed E-state index contributed by atoms with van der Waals surface area (Å²) in [4.78, 5) is 0.193.